The zero-order valence-corrected chi connectivity index (χ0v) is 6.71. The minimum Gasteiger partial charge on any atom is -0.362 e. The Morgan fingerprint density at radius 1 is 1.45 bits per heavy atom. The fourth-order valence-corrected chi connectivity index (χ4v) is 0.595. The van der Waals surface area contributed by atoms with Gasteiger partial charge in [0.15, 0.2) is 6.10 Å². The van der Waals surface area contributed by atoms with Crippen LogP contribution in [0.1, 0.15) is 26.2 Å². The van der Waals surface area contributed by atoms with Crippen molar-refractivity contribution in [1.29, 1.82) is 10.5 Å². The molecule has 0 aliphatic heterocycles. The van der Waals surface area contributed by atoms with E-state index in [4.69, 9.17) is 15.3 Å². The van der Waals surface area contributed by atoms with Crippen LogP contribution in [0.3, 0.4) is 0 Å². The molecular formula is C8H12N2O. The molecule has 1 unspecified atom stereocenters. The van der Waals surface area contributed by atoms with Gasteiger partial charge in [-0.15, -0.1) is 0 Å². The molecule has 60 valence electrons. The van der Waals surface area contributed by atoms with Crippen molar-refractivity contribution in [3.05, 3.63) is 0 Å². The van der Waals surface area contributed by atoms with E-state index in [9.17, 15) is 0 Å². The third-order valence-electron chi connectivity index (χ3n) is 1.24. The zero-order valence-electron chi connectivity index (χ0n) is 6.71. The van der Waals surface area contributed by atoms with Crippen molar-refractivity contribution in [1.82, 2.24) is 0 Å². The lowest BCUT2D eigenvalue weighted by Crippen LogP contribution is -2.09. The van der Waals surface area contributed by atoms with Gasteiger partial charge >= 0.3 is 0 Å². The summed E-state index contributed by atoms with van der Waals surface area (Å²) < 4.78 is 5.09. The second-order valence-corrected chi connectivity index (χ2v) is 2.20. The maximum Gasteiger partial charge on any atom is 0.156 e. The summed E-state index contributed by atoms with van der Waals surface area (Å²) in [5.41, 5.74) is 0. The van der Waals surface area contributed by atoms with Gasteiger partial charge in [0.25, 0.3) is 0 Å². The summed E-state index contributed by atoms with van der Waals surface area (Å²) in [6.07, 6.45) is 1.63. The lowest BCUT2D eigenvalue weighted by atomic mass is 10.3. The fourth-order valence-electron chi connectivity index (χ4n) is 0.595. The molecule has 3 nitrogen and oxygen atoms in total. The van der Waals surface area contributed by atoms with Gasteiger partial charge in [-0.25, -0.2) is 0 Å². The van der Waals surface area contributed by atoms with Gasteiger partial charge in [-0.05, 0) is 6.42 Å². The summed E-state index contributed by atoms with van der Waals surface area (Å²) >= 11 is 0. The summed E-state index contributed by atoms with van der Waals surface area (Å²) in [7, 11) is 0. The number of hydrogen-bond acceptors (Lipinski definition) is 3. The van der Waals surface area contributed by atoms with Gasteiger partial charge in [0.2, 0.25) is 0 Å². The molecule has 1 atom stereocenters. The maximum atomic E-state index is 8.43. The van der Waals surface area contributed by atoms with Crippen LogP contribution < -0.4 is 0 Å². The lowest BCUT2D eigenvalue weighted by Gasteiger charge is -2.04. The smallest absolute Gasteiger partial charge is 0.156 e. The average molecular weight is 152 g/mol. The minimum atomic E-state index is -0.536. The van der Waals surface area contributed by atoms with Crippen LogP contribution >= 0.6 is 0 Å². The number of nitrogens with zero attached hydrogens (tertiary/aromatic N) is 2. The van der Waals surface area contributed by atoms with E-state index < -0.39 is 6.10 Å². The highest BCUT2D eigenvalue weighted by Gasteiger charge is 2.04. The van der Waals surface area contributed by atoms with Crippen LogP contribution in [-0.4, -0.2) is 12.7 Å². The highest BCUT2D eigenvalue weighted by Crippen LogP contribution is 1.97. The Morgan fingerprint density at radius 2 is 2.18 bits per heavy atom. The topological polar surface area (TPSA) is 56.8 Å². The second kappa shape index (κ2) is 7.05. The number of rotatable bonds is 5. The van der Waals surface area contributed by atoms with Crippen LogP contribution in [0, 0.1) is 22.7 Å². The molecule has 0 aromatic heterocycles. The number of hydrogen-bond donors (Lipinski definition) is 0. The summed E-state index contributed by atoms with van der Waals surface area (Å²) in [5, 5.41) is 16.7. The number of ether oxygens (including phenoxy) is 1. The van der Waals surface area contributed by atoms with Crippen LogP contribution in [0.2, 0.25) is 0 Å². The zero-order chi connectivity index (χ0) is 8.53. The van der Waals surface area contributed by atoms with Crippen LogP contribution in [0.15, 0.2) is 0 Å². The van der Waals surface area contributed by atoms with Crippen molar-refractivity contribution in [2.24, 2.45) is 0 Å². The van der Waals surface area contributed by atoms with Gasteiger partial charge in [-0.3, -0.25) is 0 Å². The molecule has 0 fully saturated rings. The normalized spacial score (nSPS) is 11.5. The first-order valence-electron chi connectivity index (χ1n) is 3.73. The molecule has 0 saturated carbocycles. The highest BCUT2D eigenvalue weighted by atomic mass is 16.5. The van der Waals surface area contributed by atoms with Gasteiger partial charge in [-0.2, -0.15) is 10.5 Å². The van der Waals surface area contributed by atoms with Crippen LogP contribution in [0.25, 0.3) is 0 Å². The molecule has 0 spiro atoms. The standard InChI is InChI=1S/C8H12N2O/c1-2-3-6-11-8(7-10)4-5-9/h8H,2-4,6H2,1H3. The van der Waals surface area contributed by atoms with E-state index in [0.29, 0.717) is 6.61 Å². The van der Waals surface area contributed by atoms with E-state index in [-0.39, 0.29) is 6.42 Å². The van der Waals surface area contributed by atoms with Crippen LogP contribution in [-0.2, 0) is 4.74 Å². The summed E-state index contributed by atoms with van der Waals surface area (Å²) in [4.78, 5) is 0. The summed E-state index contributed by atoms with van der Waals surface area (Å²) in [6, 6.07) is 3.82. The van der Waals surface area contributed by atoms with Gasteiger partial charge in [0.05, 0.1) is 18.6 Å². The first kappa shape index (κ1) is 9.94. The lowest BCUT2D eigenvalue weighted by molar-refractivity contribution is 0.0907. The Kier molecular flexibility index (Phi) is 6.37. The van der Waals surface area contributed by atoms with E-state index in [2.05, 4.69) is 6.92 Å². The van der Waals surface area contributed by atoms with Gasteiger partial charge in [-0.1, -0.05) is 13.3 Å². The molecule has 0 aliphatic carbocycles. The Morgan fingerprint density at radius 3 is 2.64 bits per heavy atom. The molecule has 0 aromatic rings. The molecule has 0 amide bonds. The fraction of sp³-hybridized carbons (Fsp3) is 0.750. The molecule has 0 aliphatic rings. The number of nitriles is 2. The van der Waals surface area contributed by atoms with E-state index >= 15 is 0 Å². The molecule has 3 heteroatoms. The molecule has 0 aromatic carbocycles. The Hall–Kier alpha value is -1.06. The maximum absolute atomic E-state index is 8.43. The predicted molar refractivity (Wildman–Crippen MR) is 40.5 cm³/mol. The Labute approximate surface area is 67.2 Å². The van der Waals surface area contributed by atoms with Crippen molar-refractivity contribution in [2.75, 3.05) is 6.61 Å². The highest BCUT2D eigenvalue weighted by molar-refractivity contribution is 4.91. The van der Waals surface area contributed by atoms with Gasteiger partial charge < -0.3 is 4.74 Å². The number of unbranched alkanes of at least 4 members (excludes halogenated alkanes) is 1. The molecular weight excluding hydrogens is 140 g/mol. The monoisotopic (exact) mass is 152 g/mol. The third kappa shape index (κ3) is 5.39. The quantitative estimate of drug-likeness (QED) is 0.562. The van der Waals surface area contributed by atoms with Crippen molar-refractivity contribution < 1.29 is 4.74 Å². The van der Waals surface area contributed by atoms with Crippen molar-refractivity contribution in [2.45, 2.75) is 32.3 Å². The second-order valence-electron chi connectivity index (χ2n) is 2.20. The van der Waals surface area contributed by atoms with Gasteiger partial charge in [0, 0.05) is 6.61 Å². The summed E-state index contributed by atoms with van der Waals surface area (Å²) in [5.74, 6) is 0. The SMILES string of the molecule is CCCCOC(C#N)CC#N. The van der Waals surface area contributed by atoms with E-state index in [1.165, 1.54) is 0 Å². The van der Waals surface area contributed by atoms with Crippen LogP contribution in [0.4, 0.5) is 0 Å². The predicted octanol–water partition coefficient (Wildman–Crippen LogP) is 1.61. The van der Waals surface area contributed by atoms with Crippen LogP contribution in [0.5, 0.6) is 0 Å². The molecule has 0 N–H and O–H groups in total. The van der Waals surface area contributed by atoms with E-state index in [1.807, 2.05) is 12.1 Å². The Balaban J connectivity index is 3.40. The van der Waals surface area contributed by atoms with Crippen molar-refractivity contribution in [3.8, 4) is 12.1 Å². The van der Waals surface area contributed by atoms with E-state index in [1.54, 1.807) is 0 Å². The minimum absolute atomic E-state index is 0.167. The average Bonchev–Trinajstić information content (AvgIpc) is 2.03. The van der Waals surface area contributed by atoms with E-state index in [0.717, 1.165) is 12.8 Å². The molecule has 0 bridgehead atoms. The first-order valence-corrected chi connectivity index (χ1v) is 3.73. The summed E-state index contributed by atoms with van der Waals surface area (Å²) in [6.45, 7) is 2.63. The molecule has 0 heterocycles. The molecule has 0 rings (SSSR count). The largest absolute Gasteiger partial charge is 0.362 e. The Bertz CT molecular complexity index is 166. The molecule has 11 heavy (non-hydrogen) atoms. The molecule has 0 saturated heterocycles. The first-order chi connectivity index (χ1) is 5.35. The molecule has 0 radical (unpaired) electrons. The third-order valence-corrected chi connectivity index (χ3v) is 1.24. The van der Waals surface area contributed by atoms with Gasteiger partial charge in [0.1, 0.15) is 0 Å². The van der Waals surface area contributed by atoms with Crippen molar-refractivity contribution in [3.63, 3.8) is 0 Å². The van der Waals surface area contributed by atoms with Crippen molar-refractivity contribution >= 4 is 0 Å².